The summed E-state index contributed by atoms with van der Waals surface area (Å²) in [6.07, 6.45) is 2.34. The SMILES string of the molecule is Nc1nc(-c2ccccc2)c(Cc2ccccc2)c(-c2ccco2)n1. The summed E-state index contributed by atoms with van der Waals surface area (Å²) in [6.45, 7) is 0. The van der Waals surface area contributed by atoms with Crippen LogP contribution in [0.5, 0.6) is 0 Å². The van der Waals surface area contributed by atoms with Gasteiger partial charge in [-0.2, -0.15) is 0 Å². The third-order valence-corrected chi connectivity index (χ3v) is 4.05. The van der Waals surface area contributed by atoms with Crippen molar-refractivity contribution in [2.75, 3.05) is 5.73 Å². The zero-order valence-electron chi connectivity index (χ0n) is 13.6. The van der Waals surface area contributed by atoms with Crippen LogP contribution in [0.4, 0.5) is 5.95 Å². The molecule has 0 atom stereocenters. The first-order valence-corrected chi connectivity index (χ1v) is 8.11. The molecule has 25 heavy (non-hydrogen) atoms. The van der Waals surface area contributed by atoms with Crippen LogP contribution in [-0.4, -0.2) is 9.97 Å². The molecule has 4 heteroatoms. The van der Waals surface area contributed by atoms with Gasteiger partial charge in [-0.3, -0.25) is 0 Å². The molecule has 0 saturated carbocycles. The number of hydrogen-bond donors (Lipinski definition) is 1. The highest BCUT2D eigenvalue weighted by atomic mass is 16.3. The number of benzene rings is 2. The zero-order chi connectivity index (χ0) is 17.1. The van der Waals surface area contributed by atoms with Gasteiger partial charge in [0.05, 0.1) is 12.0 Å². The van der Waals surface area contributed by atoms with Gasteiger partial charge in [0.1, 0.15) is 5.69 Å². The van der Waals surface area contributed by atoms with Crippen LogP contribution in [0.2, 0.25) is 0 Å². The van der Waals surface area contributed by atoms with E-state index >= 15 is 0 Å². The van der Waals surface area contributed by atoms with Gasteiger partial charge in [0, 0.05) is 17.5 Å². The van der Waals surface area contributed by atoms with Crippen molar-refractivity contribution in [3.63, 3.8) is 0 Å². The fourth-order valence-corrected chi connectivity index (χ4v) is 2.92. The van der Waals surface area contributed by atoms with Gasteiger partial charge in [-0.25, -0.2) is 9.97 Å². The summed E-state index contributed by atoms with van der Waals surface area (Å²) >= 11 is 0. The van der Waals surface area contributed by atoms with Crippen molar-refractivity contribution in [3.05, 3.63) is 90.2 Å². The first kappa shape index (κ1) is 15.1. The second-order valence-electron chi connectivity index (χ2n) is 5.76. The molecule has 122 valence electrons. The third kappa shape index (κ3) is 3.15. The largest absolute Gasteiger partial charge is 0.463 e. The molecule has 4 aromatic rings. The second-order valence-corrected chi connectivity index (χ2v) is 5.76. The molecule has 0 radical (unpaired) electrons. The average molecular weight is 327 g/mol. The Morgan fingerprint density at radius 2 is 1.44 bits per heavy atom. The Kier molecular flexibility index (Phi) is 4.01. The van der Waals surface area contributed by atoms with E-state index in [1.54, 1.807) is 6.26 Å². The fraction of sp³-hybridized carbons (Fsp3) is 0.0476. The standard InChI is InChI=1S/C21H17N3O/c22-21-23-19(16-10-5-2-6-11-16)17(14-15-8-3-1-4-9-15)20(24-21)18-12-7-13-25-18/h1-13H,14H2,(H2,22,23,24). The molecule has 0 spiro atoms. The van der Waals surface area contributed by atoms with Crippen LogP contribution in [0, 0.1) is 0 Å². The van der Waals surface area contributed by atoms with Crippen LogP contribution in [0.3, 0.4) is 0 Å². The number of nitrogens with zero attached hydrogens (tertiary/aromatic N) is 2. The monoisotopic (exact) mass is 327 g/mol. The van der Waals surface area contributed by atoms with E-state index < -0.39 is 0 Å². The highest BCUT2D eigenvalue weighted by Crippen LogP contribution is 2.32. The molecule has 0 saturated heterocycles. The van der Waals surface area contributed by atoms with E-state index in [2.05, 4.69) is 22.1 Å². The van der Waals surface area contributed by atoms with Crippen molar-refractivity contribution in [1.82, 2.24) is 9.97 Å². The normalized spacial score (nSPS) is 10.7. The molecule has 0 bridgehead atoms. The van der Waals surface area contributed by atoms with Gasteiger partial charge < -0.3 is 10.2 Å². The summed E-state index contributed by atoms with van der Waals surface area (Å²) in [4.78, 5) is 9.01. The van der Waals surface area contributed by atoms with Crippen LogP contribution in [0.15, 0.2) is 83.5 Å². The van der Waals surface area contributed by atoms with Crippen LogP contribution in [0.25, 0.3) is 22.7 Å². The van der Waals surface area contributed by atoms with Crippen molar-refractivity contribution >= 4 is 5.95 Å². The summed E-state index contributed by atoms with van der Waals surface area (Å²) in [7, 11) is 0. The smallest absolute Gasteiger partial charge is 0.221 e. The predicted molar refractivity (Wildman–Crippen MR) is 98.8 cm³/mol. The van der Waals surface area contributed by atoms with Crippen molar-refractivity contribution in [2.24, 2.45) is 0 Å². The first-order valence-electron chi connectivity index (χ1n) is 8.11. The van der Waals surface area contributed by atoms with Gasteiger partial charge in [-0.1, -0.05) is 60.7 Å². The molecular formula is C21H17N3O. The number of hydrogen-bond acceptors (Lipinski definition) is 4. The number of nitrogens with two attached hydrogens (primary N) is 1. The summed E-state index contributed by atoms with van der Waals surface area (Å²) in [5, 5.41) is 0. The molecule has 2 aromatic heterocycles. The number of furan rings is 1. The molecular weight excluding hydrogens is 310 g/mol. The Labute approximate surface area is 146 Å². The average Bonchev–Trinajstić information content (AvgIpc) is 3.19. The first-order chi connectivity index (χ1) is 12.3. The molecule has 2 heterocycles. The molecule has 2 aromatic carbocycles. The van der Waals surface area contributed by atoms with Gasteiger partial charge in [-0.05, 0) is 17.7 Å². The van der Waals surface area contributed by atoms with Crippen LogP contribution in [-0.2, 0) is 6.42 Å². The van der Waals surface area contributed by atoms with E-state index in [-0.39, 0.29) is 5.95 Å². The quantitative estimate of drug-likeness (QED) is 0.596. The summed E-state index contributed by atoms with van der Waals surface area (Å²) in [6, 6.07) is 24.0. The zero-order valence-corrected chi connectivity index (χ0v) is 13.6. The lowest BCUT2D eigenvalue weighted by Gasteiger charge is -2.14. The topological polar surface area (TPSA) is 64.9 Å². The third-order valence-electron chi connectivity index (χ3n) is 4.05. The van der Waals surface area contributed by atoms with Crippen LogP contribution < -0.4 is 5.73 Å². The molecule has 0 aliphatic heterocycles. The lowest BCUT2D eigenvalue weighted by atomic mass is 9.97. The van der Waals surface area contributed by atoms with Crippen molar-refractivity contribution in [3.8, 4) is 22.7 Å². The summed E-state index contributed by atoms with van der Waals surface area (Å²) < 4.78 is 5.60. The van der Waals surface area contributed by atoms with E-state index in [0.717, 1.165) is 22.5 Å². The maximum absolute atomic E-state index is 6.00. The molecule has 4 rings (SSSR count). The van der Waals surface area contributed by atoms with E-state index in [0.29, 0.717) is 12.2 Å². The lowest BCUT2D eigenvalue weighted by Crippen LogP contribution is -2.05. The second kappa shape index (κ2) is 6.61. The maximum Gasteiger partial charge on any atom is 0.221 e. The number of aromatic nitrogens is 2. The molecule has 0 aliphatic rings. The fourth-order valence-electron chi connectivity index (χ4n) is 2.92. The number of rotatable bonds is 4. The van der Waals surface area contributed by atoms with Crippen molar-refractivity contribution < 1.29 is 4.42 Å². The van der Waals surface area contributed by atoms with E-state index in [9.17, 15) is 0 Å². The Hall–Kier alpha value is -3.40. The van der Waals surface area contributed by atoms with E-state index in [1.807, 2.05) is 60.7 Å². The summed E-state index contributed by atoms with van der Waals surface area (Å²) in [5.74, 6) is 0.930. The molecule has 2 N–H and O–H groups in total. The molecule has 4 nitrogen and oxygen atoms in total. The number of nitrogen functional groups attached to an aromatic ring is 1. The van der Waals surface area contributed by atoms with Crippen LogP contribution in [0.1, 0.15) is 11.1 Å². The minimum absolute atomic E-state index is 0.238. The Balaban J connectivity index is 1.94. The highest BCUT2D eigenvalue weighted by Gasteiger charge is 2.18. The Bertz CT molecular complexity index is 965. The van der Waals surface area contributed by atoms with E-state index in [1.165, 1.54) is 5.56 Å². The minimum atomic E-state index is 0.238. The minimum Gasteiger partial charge on any atom is -0.463 e. The Morgan fingerprint density at radius 3 is 2.12 bits per heavy atom. The molecule has 0 aliphatic carbocycles. The lowest BCUT2D eigenvalue weighted by molar-refractivity contribution is 0.579. The van der Waals surface area contributed by atoms with Gasteiger partial charge in [-0.15, -0.1) is 0 Å². The van der Waals surface area contributed by atoms with Crippen molar-refractivity contribution in [2.45, 2.75) is 6.42 Å². The predicted octanol–water partition coefficient (Wildman–Crippen LogP) is 4.58. The maximum atomic E-state index is 6.00. The van der Waals surface area contributed by atoms with Gasteiger partial charge in [0.25, 0.3) is 0 Å². The van der Waals surface area contributed by atoms with Crippen LogP contribution >= 0.6 is 0 Å². The highest BCUT2D eigenvalue weighted by molar-refractivity contribution is 5.73. The van der Waals surface area contributed by atoms with Gasteiger partial charge in [0.15, 0.2) is 5.76 Å². The van der Waals surface area contributed by atoms with Crippen molar-refractivity contribution in [1.29, 1.82) is 0 Å². The van der Waals surface area contributed by atoms with E-state index in [4.69, 9.17) is 10.2 Å². The molecule has 0 amide bonds. The molecule has 0 fully saturated rings. The van der Waals surface area contributed by atoms with Gasteiger partial charge >= 0.3 is 0 Å². The Morgan fingerprint density at radius 1 is 0.760 bits per heavy atom. The number of anilines is 1. The summed E-state index contributed by atoms with van der Waals surface area (Å²) in [5.41, 5.74) is 10.8. The van der Waals surface area contributed by atoms with Gasteiger partial charge in [0.2, 0.25) is 5.95 Å². The molecule has 0 unspecified atom stereocenters.